The van der Waals surface area contributed by atoms with Crippen LogP contribution in [-0.2, 0) is 12.1 Å². The van der Waals surface area contributed by atoms with Crippen LogP contribution < -0.4 is 5.73 Å². The summed E-state index contributed by atoms with van der Waals surface area (Å²) in [6, 6.07) is 0. The van der Waals surface area contributed by atoms with Gasteiger partial charge in [-0.05, 0) is 34.1 Å². The summed E-state index contributed by atoms with van der Waals surface area (Å²) in [5.41, 5.74) is 5.51. The second-order valence-corrected chi connectivity index (χ2v) is 5.15. The lowest BCUT2D eigenvalue weighted by Crippen LogP contribution is -2.29. The average Bonchev–Trinajstić information content (AvgIpc) is 2.45. The van der Waals surface area contributed by atoms with Gasteiger partial charge in [-0.1, -0.05) is 5.21 Å². The van der Waals surface area contributed by atoms with E-state index in [-0.39, 0.29) is 0 Å². The minimum atomic E-state index is -0.676. The molecule has 86 valence electrons. The van der Waals surface area contributed by atoms with Gasteiger partial charge in [0, 0.05) is 6.54 Å². The van der Waals surface area contributed by atoms with E-state index in [4.69, 9.17) is 5.73 Å². The molecule has 0 spiro atoms. The fourth-order valence-electron chi connectivity index (χ4n) is 1.09. The smallest absolute Gasteiger partial charge is 0.102 e. The predicted molar refractivity (Wildman–Crippen MR) is 58.2 cm³/mol. The molecule has 0 fully saturated rings. The lowest BCUT2D eigenvalue weighted by Gasteiger charge is -2.16. The first-order valence-corrected chi connectivity index (χ1v) is 5.10. The summed E-state index contributed by atoms with van der Waals surface area (Å²) < 4.78 is 1.71. The molecule has 0 atom stereocenters. The van der Waals surface area contributed by atoms with Gasteiger partial charge in [-0.2, -0.15) is 0 Å². The van der Waals surface area contributed by atoms with Crippen LogP contribution >= 0.6 is 0 Å². The Kier molecular flexibility index (Phi) is 3.16. The number of aromatic nitrogens is 3. The van der Waals surface area contributed by atoms with Crippen molar-refractivity contribution in [2.45, 2.75) is 51.8 Å². The van der Waals surface area contributed by atoms with E-state index in [1.807, 2.05) is 20.0 Å². The molecule has 0 aromatic carbocycles. The number of rotatable bonds is 4. The van der Waals surface area contributed by atoms with Crippen LogP contribution in [0.1, 0.15) is 39.8 Å². The minimum Gasteiger partial charge on any atom is -0.390 e. The Morgan fingerprint density at radius 3 is 2.40 bits per heavy atom. The molecule has 1 aromatic heterocycles. The van der Waals surface area contributed by atoms with Crippen molar-refractivity contribution in [2.24, 2.45) is 5.73 Å². The molecule has 0 amide bonds. The van der Waals surface area contributed by atoms with E-state index in [0.29, 0.717) is 13.0 Å². The van der Waals surface area contributed by atoms with Crippen molar-refractivity contribution in [1.82, 2.24) is 15.0 Å². The molecule has 0 aliphatic heterocycles. The first-order valence-electron chi connectivity index (χ1n) is 5.10. The van der Waals surface area contributed by atoms with Gasteiger partial charge < -0.3 is 10.8 Å². The molecule has 0 saturated heterocycles. The zero-order valence-corrected chi connectivity index (χ0v) is 9.86. The highest BCUT2D eigenvalue weighted by Crippen LogP contribution is 2.14. The van der Waals surface area contributed by atoms with E-state index < -0.39 is 11.1 Å². The Balaban J connectivity index is 2.62. The zero-order chi connectivity index (χ0) is 11.7. The first-order chi connectivity index (χ1) is 6.68. The highest BCUT2D eigenvalue weighted by Gasteiger charge is 2.19. The van der Waals surface area contributed by atoms with Crippen LogP contribution in [0.15, 0.2) is 6.20 Å². The molecule has 5 heteroatoms. The molecule has 0 aliphatic rings. The van der Waals surface area contributed by atoms with Crippen molar-refractivity contribution >= 4 is 0 Å². The van der Waals surface area contributed by atoms with Crippen LogP contribution in [0.3, 0.4) is 0 Å². The molecule has 0 aliphatic carbocycles. The van der Waals surface area contributed by atoms with Gasteiger partial charge in [0.25, 0.3) is 0 Å². The molecule has 1 heterocycles. The van der Waals surface area contributed by atoms with Crippen LogP contribution in [0.4, 0.5) is 0 Å². The third kappa shape index (κ3) is 3.97. The fourth-order valence-corrected chi connectivity index (χ4v) is 1.09. The van der Waals surface area contributed by atoms with Gasteiger partial charge in [-0.3, -0.25) is 4.68 Å². The van der Waals surface area contributed by atoms with Crippen molar-refractivity contribution in [1.29, 1.82) is 0 Å². The molecule has 1 aromatic rings. The molecule has 0 radical (unpaired) electrons. The molecule has 3 N–H and O–H groups in total. The zero-order valence-electron chi connectivity index (χ0n) is 9.86. The number of aliphatic hydroxyl groups is 1. The van der Waals surface area contributed by atoms with Gasteiger partial charge >= 0.3 is 0 Å². The van der Waals surface area contributed by atoms with Crippen molar-refractivity contribution in [3.63, 3.8) is 0 Å². The van der Waals surface area contributed by atoms with E-state index >= 15 is 0 Å². The normalized spacial score (nSPS) is 13.2. The Morgan fingerprint density at radius 1 is 1.40 bits per heavy atom. The second kappa shape index (κ2) is 3.90. The van der Waals surface area contributed by atoms with E-state index in [1.54, 1.807) is 18.5 Å². The Bertz CT molecular complexity index is 319. The van der Waals surface area contributed by atoms with Gasteiger partial charge in [0.15, 0.2) is 0 Å². The van der Waals surface area contributed by atoms with Gasteiger partial charge in [0.1, 0.15) is 5.69 Å². The molecular formula is C10H20N4O. The van der Waals surface area contributed by atoms with Gasteiger partial charge in [-0.25, -0.2) is 0 Å². The Labute approximate surface area is 90.3 Å². The quantitative estimate of drug-likeness (QED) is 0.767. The molecule has 0 bridgehead atoms. The Morgan fingerprint density at radius 2 is 2.00 bits per heavy atom. The SMILES string of the molecule is CC(C)(O)CCn1cc(C(C)(C)N)nn1. The molecular weight excluding hydrogens is 192 g/mol. The van der Waals surface area contributed by atoms with E-state index in [0.717, 1.165) is 5.69 Å². The van der Waals surface area contributed by atoms with Gasteiger partial charge in [0.05, 0.1) is 17.3 Å². The molecule has 0 saturated carbocycles. The van der Waals surface area contributed by atoms with Crippen LogP contribution in [0.5, 0.6) is 0 Å². The molecule has 15 heavy (non-hydrogen) atoms. The Hall–Kier alpha value is -0.940. The summed E-state index contributed by atoms with van der Waals surface area (Å²) in [6.45, 7) is 7.97. The second-order valence-electron chi connectivity index (χ2n) is 5.15. The van der Waals surface area contributed by atoms with Crippen LogP contribution in [0.25, 0.3) is 0 Å². The summed E-state index contributed by atoms with van der Waals surface area (Å²) in [4.78, 5) is 0. The van der Waals surface area contributed by atoms with Gasteiger partial charge in [-0.15, -0.1) is 5.10 Å². The summed E-state index contributed by atoms with van der Waals surface area (Å²) in [5, 5.41) is 17.5. The highest BCUT2D eigenvalue weighted by atomic mass is 16.3. The number of nitrogens with two attached hydrogens (primary N) is 1. The van der Waals surface area contributed by atoms with E-state index in [9.17, 15) is 5.11 Å². The largest absolute Gasteiger partial charge is 0.390 e. The topological polar surface area (TPSA) is 77.0 Å². The van der Waals surface area contributed by atoms with Crippen LogP contribution in [0, 0.1) is 0 Å². The summed E-state index contributed by atoms with van der Waals surface area (Å²) in [5.74, 6) is 0. The maximum atomic E-state index is 9.56. The highest BCUT2D eigenvalue weighted by molar-refractivity contribution is 5.05. The number of aryl methyl sites for hydroxylation is 1. The van der Waals surface area contributed by atoms with E-state index in [1.165, 1.54) is 0 Å². The van der Waals surface area contributed by atoms with Crippen molar-refractivity contribution in [3.05, 3.63) is 11.9 Å². The summed E-state index contributed by atoms with van der Waals surface area (Å²) in [7, 11) is 0. The van der Waals surface area contributed by atoms with Crippen molar-refractivity contribution in [3.8, 4) is 0 Å². The summed E-state index contributed by atoms with van der Waals surface area (Å²) in [6.07, 6.45) is 2.46. The van der Waals surface area contributed by atoms with Crippen LogP contribution in [-0.4, -0.2) is 25.7 Å². The van der Waals surface area contributed by atoms with Crippen LogP contribution in [0.2, 0.25) is 0 Å². The number of hydrogen-bond donors (Lipinski definition) is 2. The average molecular weight is 212 g/mol. The lowest BCUT2D eigenvalue weighted by atomic mass is 10.0. The predicted octanol–water partition coefficient (Wildman–Crippen LogP) is 0.633. The molecule has 5 nitrogen and oxygen atoms in total. The van der Waals surface area contributed by atoms with Crippen molar-refractivity contribution in [2.75, 3.05) is 0 Å². The first kappa shape index (κ1) is 12.1. The van der Waals surface area contributed by atoms with Crippen molar-refractivity contribution < 1.29 is 5.11 Å². The van der Waals surface area contributed by atoms with E-state index in [2.05, 4.69) is 10.3 Å². The minimum absolute atomic E-state index is 0.465. The number of hydrogen-bond acceptors (Lipinski definition) is 4. The summed E-state index contributed by atoms with van der Waals surface area (Å²) >= 11 is 0. The molecule has 1 rings (SSSR count). The maximum absolute atomic E-state index is 9.56. The third-order valence-electron chi connectivity index (χ3n) is 2.15. The standard InChI is InChI=1S/C10H20N4O/c1-9(2,15)5-6-14-7-8(12-13-14)10(3,4)11/h7,15H,5-6,11H2,1-4H3. The fraction of sp³-hybridized carbons (Fsp3) is 0.800. The third-order valence-corrected chi connectivity index (χ3v) is 2.15. The lowest BCUT2D eigenvalue weighted by molar-refractivity contribution is 0.0649. The monoisotopic (exact) mass is 212 g/mol. The number of nitrogens with zero attached hydrogens (tertiary/aromatic N) is 3. The maximum Gasteiger partial charge on any atom is 0.102 e. The van der Waals surface area contributed by atoms with Gasteiger partial charge in [0.2, 0.25) is 0 Å². The molecule has 0 unspecified atom stereocenters.